The second-order valence-electron chi connectivity index (χ2n) is 3.14. The minimum Gasteiger partial charge on any atom is -0.487 e. The van der Waals surface area contributed by atoms with Crippen LogP contribution in [0, 0.1) is 11.3 Å². The third-order valence-electron chi connectivity index (χ3n) is 1.79. The Hall–Kier alpha value is -1.24. The SMILES string of the molecule is COCC(C)Oc1cc(Cl)ccc1C#N. The van der Waals surface area contributed by atoms with Gasteiger partial charge in [0.25, 0.3) is 0 Å². The second kappa shape index (κ2) is 5.59. The molecule has 1 rings (SSSR count). The summed E-state index contributed by atoms with van der Waals surface area (Å²) >= 11 is 5.81. The predicted molar refractivity (Wildman–Crippen MR) is 58.1 cm³/mol. The van der Waals surface area contributed by atoms with Gasteiger partial charge in [0, 0.05) is 18.2 Å². The van der Waals surface area contributed by atoms with E-state index >= 15 is 0 Å². The highest BCUT2D eigenvalue weighted by Crippen LogP contribution is 2.23. The molecule has 4 heteroatoms. The van der Waals surface area contributed by atoms with E-state index in [2.05, 4.69) is 0 Å². The highest BCUT2D eigenvalue weighted by Gasteiger charge is 2.08. The van der Waals surface area contributed by atoms with Gasteiger partial charge in [-0.2, -0.15) is 5.26 Å². The van der Waals surface area contributed by atoms with Crippen molar-refractivity contribution in [1.29, 1.82) is 5.26 Å². The van der Waals surface area contributed by atoms with Gasteiger partial charge in [-0.05, 0) is 19.1 Å². The summed E-state index contributed by atoms with van der Waals surface area (Å²) in [6.07, 6.45) is -0.111. The average Bonchev–Trinajstić information content (AvgIpc) is 2.18. The summed E-state index contributed by atoms with van der Waals surface area (Å²) < 4.78 is 10.5. The van der Waals surface area contributed by atoms with Crippen molar-refractivity contribution >= 4 is 11.6 Å². The molecular weight excluding hydrogens is 214 g/mol. The quantitative estimate of drug-likeness (QED) is 0.791. The van der Waals surface area contributed by atoms with Crippen LogP contribution in [0.3, 0.4) is 0 Å². The number of nitriles is 1. The molecule has 0 amide bonds. The monoisotopic (exact) mass is 225 g/mol. The average molecular weight is 226 g/mol. The lowest BCUT2D eigenvalue weighted by Crippen LogP contribution is -2.18. The van der Waals surface area contributed by atoms with E-state index in [1.54, 1.807) is 25.3 Å². The summed E-state index contributed by atoms with van der Waals surface area (Å²) in [6.45, 7) is 2.34. The summed E-state index contributed by atoms with van der Waals surface area (Å²) in [5.74, 6) is 0.495. The molecule has 0 aliphatic rings. The Labute approximate surface area is 94.2 Å². The molecule has 0 aromatic heterocycles. The van der Waals surface area contributed by atoms with E-state index in [-0.39, 0.29) is 6.10 Å². The molecule has 0 radical (unpaired) electrons. The molecule has 1 unspecified atom stereocenters. The van der Waals surface area contributed by atoms with Crippen LogP contribution in [0.4, 0.5) is 0 Å². The molecule has 0 bridgehead atoms. The molecule has 1 aromatic carbocycles. The summed E-state index contributed by atoms with van der Waals surface area (Å²) in [4.78, 5) is 0. The van der Waals surface area contributed by atoms with Gasteiger partial charge >= 0.3 is 0 Å². The lowest BCUT2D eigenvalue weighted by molar-refractivity contribution is 0.0919. The molecule has 0 aliphatic heterocycles. The van der Waals surface area contributed by atoms with Crippen LogP contribution in [0.15, 0.2) is 18.2 Å². The van der Waals surface area contributed by atoms with Gasteiger partial charge in [0.2, 0.25) is 0 Å². The van der Waals surface area contributed by atoms with Crippen LogP contribution in [0.2, 0.25) is 5.02 Å². The molecule has 0 spiro atoms. The number of ether oxygens (including phenoxy) is 2. The molecule has 1 aromatic rings. The Morgan fingerprint density at radius 3 is 2.87 bits per heavy atom. The summed E-state index contributed by atoms with van der Waals surface area (Å²) in [7, 11) is 1.60. The molecule has 15 heavy (non-hydrogen) atoms. The highest BCUT2D eigenvalue weighted by molar-refractivity contribution is 6.30. The number of halogens is 1. The minimum absolute atomic E-state index is 0.111. The maximum Gasteiger partial charge on any atom is 0.139 e. The first-order chi connectivity index (χ1) is 7.17. The first-order valence-corrected chi connectivity index (χ1v) is 4.90. The van der Waals surface area contributed by atoms with E-state index in [0.29, 0.717) is 22.9 Å². The first-order valence-electron chi connectivity index (χ1n) is 4.52. The van der Waals surface area contributed by atoms with E-state index in [0.717, 1.165) is 0 Å². The van der Waals surface area contributed by atoms with Crippen LogP contribution < -0.4 is 4.74 Å². The van der Waals surface area contributed by atoms with Crippen molar-refractivity contribution in [3.8, 4) is 11.8 Å². The fraction of sp³-hybridized carbons (Fsp3) is 0.364. The van der Waals surface area contributed by atoms with Crippen molar-refractivity contribution in [2.45, 2.75) is 13.0 Å². The predicted octanol–water partition coefficient (Wildman–Crippen LogP) is 2.63. The zero-order valence-electron chi connectivity index (χ0n) is 8.66. The normalized spacial score (nSPS) is 11.9. The number of benzene rings is 1. The fourth-order valence-electron chi connectivity index (χ4n) is 1.17. The van der Waals surface area contributed by atoms with Crippen LogP contribution in [-0.4, -0.2) is 19.8 Å². The van der Waals surface area contributed by atoms with E-state index in [1.807, 2.05) is 13.0 Å². The number of rotatable bonds is 4. The Bertz CT molecular complexity index is 373. The Morgan fingerprint density at radius 2 is 2.27 bits per heavy atom. The number of hydrogen-bond acceptors (Lipinski definition) is 3. The van der Waals surface area contributed by atoms with Gasteiger partial charge in [-0.3, -0.25) is 0 Å². The van der Waals surface area contributed by atoms with Crippen molar-refractivity contribution in [1.82, 2.24) is 0 Å². The van der Waals surface area contributed by atoms with E-state index in [1.165, 1.54) is 0 Å². The molecule has 0 aliphatic carbocycles. The standard InChI is InChI=1S/C11H12ClNO2/c1-8(7-14-2)15-11-5-10(12)4-3-9(11)6-13/h3-5,8H,7H2,1-2H3. The maximum atomic E-state index is 8.85. The molecule has 1 atom stereocenters. The van der Waals surface area contributed by atoms with Crippen LogP contribution >= 0.6 is 11.6 Å². The van der Waals surface area contributed by atoms with Gasteiger partial charge < -0.3 is 9.47 Å². The van der Waals surface area contributed by atoms with E-state index in [4.69, 9.17) is 26.3 Å². The van der Waals surface area contributed by atoms with Gasteiger partial charge in [0.15, 0.2) is 0 Å². The van der Waals surface area contributed by atoms with E-state index in [9.17, 15) is 0 Å². The number of methoxy groups -OCH3 is 1. The molecule has 0 heterocycles. The van der Waals surface area contributed by atoms with Crippen LogP contribution in [-0.2, 0) is 4.74 Å². The van der Waals surface area contributed by atoms with Gasteiger partial charge in [0.05, 0.1) is 12.2 Å². The van der Waals surface area contributed by atoms with Crippen LogP contribution in [0.25, 0.3) is 0 Å². The van der Waals surface area contributed by atoms with Crippen molar-refractivity contribution in [3.05, 3.63) is 28.8 Å². The molecule has 3 nitrogen and oxygen atoms in total. The van der Waals surface area contributed by atoms with Gasteiger partial charge in [-0.1, -0.05) is 11.6 Å². The molecule has 80 valence electrons. The zero-order chi connectivity index (χ0) is 11.3. The Morgan fingerprint density at radius 1 is 1.53 bits per heavy atom. The van der Waals surface area contributed by atoms with Gasteiger partial charge in [-0.25, -0.2) is 0 Å². The lowest BCUT2D eigenvalue weighted by Gasteiger charge is -2.14. The number of hydrogen-bond donors (Lipinski definition) is 0. The van der Waals surface area contributed by atoms with Crippen molar-refractivity contribution < 1.29 is 9.47 Å². The summed E-state index contributed by atoms with van der Waals surface area (Å²) in [6, 6.07) is 6.97. The van der Waals surface area contributed by atoms with Crippen molar-refractivity contribution in [3.63, 3.8) is 0 Å². The molecule has 0 saturated heterocycles. The molecule has 0 saturated carbocycles. The minimum atomic E-state index is -0.111. The van der Waals surface area contributed by atoms with Gasteiger partial charge in [0.1, 0.15) is 17.9 Å². The van der Waals surface area contributed by atoms with E-state index < -0.39 is 0 Å². The lowest BCUT2D eigenvalue weighted by atomic mass is 10.2. The summed E-state index contributed by atoms with van der Waals surface area (Å²) in [5, 5.41) is 9.40. The second-order valence-corrected chi connectivity index (χ2v) is 3.57. The third-order valence-corrected chi connectivity index (χ3v) is 2.03. The molecule has 0 fully saturated rings. The number of nitrogens with zero attached hydrogens (tertiary/aromatic N) is 1. The largest absolute Gasteiger partial charge is 0.487 e. The Kier molecular flexibility index (Phi) is 4.41. The first kappa shape index (κ1) is 11.8. The Balaban J connectivity index is 2.83. The van der Waals surface area contributed by atoms with Gasteiger partial charge in [-0.15, -0.1) is 0 Å². The third kappa shape index (κ3) is 3.43. The smallest absolute Gasteiger partial charge is 0.139 e. The zero-order valence-corrected chi connectivity index (χ0v) is 9.41. The van der Waals surface area contributed by atoms with Crippen LogP contribution in [0.1, 0.15) is 12.5 Å². The topological polar surface area (TPSA) is 42.2 Å². The van der Waals surface area contributed by atoms with Crippen molar-refractivity contribution in [2.24, 2.45) is 0 Å². The highest BCUT2D eigenvalue weighted by atomic mass is 35.5. The molecule has 0 N–H and O–H groups in total. The van der Waals surface area contributed by atoms with Crippen molar-refractivity contribution in [2.75, 3.05) is 13.7 Å². The maximum absolute atomic E-state index is 8.85. The molecular formula is C11H12ClNO2. The summed E-state index contributed by atoms with van der Waals surface area (Å²) in [5.41, 5.74) is 0.474. The fourth-order valence-corrected chi connectivity index (χ4v) is 1.33. The van der Waals surface area contributed by atoms with Crippen LogP contribution in [0.5, 0.6) is 5.75 Å².